The van der Waals surface area contributed by atoms with Crippen molar-refractivity contribution in [1.82, 2.24) is 9.38 Å². The summed E-state index contributed by atoms with van der Waals surface area (Å²) in [5, 5.41) is 0. The highest BCUT2D eigenvalue weighted by Crippen LogP contribution is 2.30. The van der Waals surface area contributed by atoms with Crippen molar-refractivity contribution in [1.29, 1.82) is 0 Å². The van der Waals surface area contributed by atoms with E-state index >= 15 is 0 Å². The molecule has 132 valence electrons. The number of hydrogen-bond donors (Lipinski definition) is 1. The predicted molar refractivity (Wildman–Crippen MR) is 101 cm³/mol. The highest BCUT2D eigenvalue weighted by atomic mass is 16.5. The molecule has 0 saturated carbocycles. The normalized spacial score (nSPS) is 11.2. The van der Waals surface area contributed by atoms with Crippen LogP contribution in [0, 0.1) is 5.92 Å². The highest BCUT2D eigenvalue weighted by molar-refractivity contribution is 5.71. The summed E-state index contributed by atoms with van der Waals surface area (Å²) in [7, 11) is 0. The molecule has 0 amide bonds. The third kappa shape index (κ3) is 3.87. The molecule has 0 spiro atoms. The molecule has 0 bridgehead atoms. The summed E-state index contributed by atoms with van der Waals surface area (Å²) in [5.74, 6) is 2.11. The first-order valence-electron chi connectivity index (χ1n) is 8.71. The van der Waals surface area contributed by atoms with E-state index in [1.807, 2.05) is 54.0 Å². The SMILES string of the molecule is CCOc1ccc(-c2cn3cccc(OCCC(C)C)c3n2)cc1N. The molecule has 5 nitrogen and oxygen atoms in total. The number of rotatable bonds is 7. The van der Waals surface area contributed by atoms with E-state index in [2.05, 4.69) is 13.8 Å². The molecule has 0 saturated heterocycles. The lowest BCUT2D eigenvalue weighted by Gasteiger charge is -2.08. The van der Waals surface area contributed by atoms with E-state index in [9.17, 15) is 0 Å². The van der Waals surface area contributed by atoms with Gasteiger partial charge in [-0.25, -0.2) is 4.98 Å². The van der Waals surface area contributed by atoms with Crippen LogP contribution >= 0.6 is 0 Å². The van der Waals surface area contributed by atoms with Gasteiger partial charge in [0, 0.05) is 18.0 Å². The quantitative estimate of drug-likeness (QED) is 0.648. The number of nitrogens with zero attached hydrogens (tertiary/aromatic N) is 2. The molecule has 0 aliphatic heterocycles. The monoisotopic (exact) mass is 339 g/mol. The van der Waals surface area contributed by atoms with Crippen LogP contribution in [0.1, 0.15) is 27.2 Å². The highest BCUT2D eigenvalue weighted by Gasteiger charge is 2.11. The van der Waals surface area contributed by atoms with Gasteiger partial charge in [0.2, 0.25) is 0 Å². The van der Waals surface area contributed by atoms with E-state index in [-0.39, 0.29) is 0 Å². The maximum Gasteiger partial charge on any atom is 0.180 e. The Hall–Kier alpha value is -2.69. The molecule has 2 aromatic heterocycles. The van der Waals surface area contributed by atoms with Crippen LogP contribution in [0.4, 0.5) is 5.69 Å². The van der Waals surface area contributed by atoms with Gasteiger partial charge in [0.05, 0.1) is 24.6 Å². The van der Waals surface area contributed by atoms with Crippen molar-refractivity contribution in [3.8, 4) is 22.8 Å². The Morgan fingerprint density at radius 1 is 1.16 bits per heavy atom. The van der Waals surface area contributed by atoms with Crippen LogP contribution < -0.4 is 15.2 Å². The predicted octanol–water partition coefficient (Wildman–Crippen LogP) is 4.41. The van der Waals surface area contributed by atoms with Gasteiger partial charge < -0.3 is 19.6 Å². The summed E-state index contributed by atoms with van der Waals surface area (Å²) in [5.41, 5.74) is 9.32. The van der Waals surface area contributed by atoms with Gasteiger partial charge in [0.25, 0.3) is 0 Å². The molecule has 2 heterocycles. The molecule has 0 aliphatic rings. The van der Waals surface area contributed by atoms with Crippen molar-refractivity contribution in [2.45, 2.75) is 27.2 Å². The minimum atomic E-state index is 0.592. The molecule has 0 aliphatic carbocycles. The second kappa shape index (κ2) is 7.47. The molecule has 1 aromatic carbocycles. The number of fused-ring (bicyclic) bond motifs is 1. The number of aromatic nitrogens is 2. The Kier molecular flexibility index (Phi) is 5.12. The zero-order chi connectivity index (χ0) is 17.8. The summed E-state index contributed by atoms with van der Waals surface area (Å²) in [6, 6.07) is 9.68. The fourth-order valence-corrected chi connectivity index (χ4v) is 2.64. The molecule has 3 rings (SSSR count). The van der Waals surface area contributed by atoms with Crippen LogP contribution in [0.5, 0.6) is 11.5 Å². The second-order valence-electron chi connectivity index (χ2n) is 6.45. The van der Waals surface area contributed by atoms with Crippen molar-refractivity contribution in [2.75, 3.05) is 18.9 Å². The van der Waals surface area contributed by atoms with E-state index in [1.165, 1.54) is 0 Å². The number of nitrogen functional groups attached to an aromatic ring is 1. The maximum absolute atomic E-state index is 6.08. The van der Waals surface area contributed by atoms with Crippen molar-refractivity contribution in [3.05, 3.63) is 42.7 Å². The van der Waals surface area contributed by atoms with E-state index < -0.39 is 0 Å². The van der Waals surface area contributed by atoms with Crippen LogP contribution in [0.25, 0.3) is 16.9 Å². The van der Waals surface area contributed by atoms with Crippen LogP contribution in [-0.4, -0.2) is 22.6 Å². The molecule has 0 unspecified atom stereocenters. The average Bonchev–Trinajstić information content (AvgIpc) is 3.01. The summed E-state index contributed by atoms with van der Waals surface area (Å²) in [6.45, 7) is 7.60. The van der Waals surface area contributed by atoms with Crippen LogP contribution in [-0.2, 0) is 0 Å². The molecule has 3 aromatic rings. The number of pyridine rings is 1. The topological polar surface area (TPSA) is 61.8 Å². The first kappa shape index (κ1) is 17.1. The van der Waals surface area contributed by atoms with Gasteiger partial charge >= 0.3 is 0 Å². The number of ether oxygens (including phenoxy) is 2. The second-order valence-corrected chi connectivity index (χ2v) is 6.45. The van der Waals surface area contributed by atoms with Gasteiger partial charge in [0.1, 0.15) is 5.75 Å². The lowest BCUT2D eigenvalue weighted by Crippen LogP contribution is -2.02. The number of hydrogen-bond acceptors (Lipinski definition) is 4. The number of benzene rings is 1. The lowest BCUT2D eigenvalue weighted by atomic mass is 10.1. The van der Waals surface area contributed by atoms with E-state index in [0.29, 0.717) is 30.6 Å². The Labute approximate surface area is 148 Å². The molecule has 2 N–H and O–H groups in total. The Bertz CT molecular complexity index is 855. The van der Waals surface area contributed by atoms with Gasteiger partial charge in [0.15, 0.2) is 11.4 Å². The summed E-state index contributed by atoms with van der Waals surface area (Å²) >= 11 is 0. The zero-order valence-corrected chi connectivity index (χ0v) is 15.0. The molecule has 5 heteroatoms. The van der Waals surface area contributed by atoms with Crippen LogP contribution in [0.3, 0.4) is 0 Å². The molecule has 0 fully saturated rings. The molecular formula is C20H25N3O2. The third-order valence-electron chi connectivity index (χ3n) is 4.01. The first-order valence-corrected chi connectivity index (χ1v) is 8.71. The maximum atomic E-state index is 6.08. The molecule has 0 atom stereocenters. The average molecular weight is 339 g/mol. The van der Waals surface area contributed by atoms with E-state index in [4.69, 9.17) is 20.2 Å². The van der Waals surface area contributed by atoms with Gasteiger partial charge in [-0.3, -0.25) is 0 Å². The first-order chi connectivity index (χ1) is 12.1. The molecular weight excluding hydrogens is 314 g/mol. The van der Waals surface area contributed by atoms with Crippen molar-refractivity contribution in [2.24, 2.45) is 5.92 Å². The number of anilines is 1. The third-order valence-corrected chi connectivity index (χ3v) is 4.01. The van der Waals surface area contributed by atoms with Crippen molar-refractivity contribution < 1.29 is 9.47 Å². The van der Waals surface area contributed by atoms with Gasteiger partial charge in [-0.05, 0) is 49.6 Å². The molecule has 25 heavy (non-hydrogen) atoms. The number of nitrogens with two attached hydrogens (primary N) is 1. The minimum Gasteiger partial charge on any atom is -0.492 e. The van der Waals surface area contributed by atoms with Crippen molar-refractivity contribution in [3.63, 3.8) is 0 Å². The summed E-state index contributed by atoms with van der Waals surface area (Å²) in [4.78, 5) is 4.74. The van der Waals surface area contributed by atoms with E-state index in [1.54, 1.807) is 0 Å². The zero-order valence-electron chi connectivity index (χ0n) is 15.0. The van der Waals surface area contributed by atoms with Gasteiger partial charge in [-0.2, -0.15) is 0 Å². The van der Waals surface area contributed by atoms with Gasteiger partial charge in [-0.1, -0.05) is 13.8 Å². The Morgan fingerprint density at radius 3 is 2.72 bits per heavy atom. The van der Waals surface area contributed by atoms with Crippen LogP contribution in [0.15, 0.2) is 42.7 Å². The summed E-state index contributed by atoms with van der Waals surface area (Å²) < 4.78 is 13.4. The lowest BCUT2D eigenvalue weighted by molar-refractivity contribution is 0.291. The fourth-order valence-electron chi connectivity index (χ4n) is 2.64. The summed E-state index contributed by atoms with van der Waals surface area (Å²) in [6.07, 6.45) is 4.98. The Balaban J connectivity index is 1.89. The smallest absolute Gasteiger partial charge is 0.180 e. The number of imidazole rings is 1. The molecule has 0 radical (unpaired) electrons. The largest absolute Gasteiger partial charge is 0.492 e. The standard InChI is InChI=1S/C20H25N3O2/c1-4-24-18-8-7-15(12-16(18)21)17-13-23-10-5-6-19(20(23)22-17)25-11-9-14(2)3/h5-8,10,12-14H,4,9,11,21H2,1-3H3. The van der Waals surface area contributed by atoms with E-state index in [0.717, 1.165) is 29.1 Å². The Morgan fingerprint density at radius 2 is 2.00 bits per heavy atom. The van der Waals surface area contributed by atoms with Gasteiger partial charge in [-0.15, -0.1) is 0 Å². The fraction of sp³-hybridized carbons (Fsp3) is 0.350. The minimum absolute atomic E-state index is 0.592. The van der Waals surface area contributed by atoms with Crippen molar-refractivity contribution >= 4 is 11.3 Å². The van der Waals surface area contributed by atoms with Crippen LogP contribution in [0.2, 0.25) is 0 Å².